The fourth-order valence-corrected chi connectivity index (χ4v) is 3.49. The van der Waals surface area contributed by atoms with Gasteiger partial charge < -0.3 is 4.74 Å². The second kappa shape index (κ2) is 6.49. The van der Waals surface area contributed by atoms with E-state index >= 15 is 0 Å². The molecule has 0 heterocycles. The molecule has 0 saturated carbocycles. The number of benzene rings is 2. The van der Waals surface area contributed by atoms with Crippen molar-refractivity contribution in [3.63, 3.8) is 0 Å². The SMILES string of the molecule is COc1ccc(C(Cl)c2cccc(Br)c2Cl)c(Br)c1. The van der Waals surface area contributed by atoms with Crippen LogP contribution < -0.4 is 4.74 Å². The Balaban J connectivity index is 2.44. The molecule has 1 unspecified atom stereocenters. The van der Waals surface area contributed by atoms with Crippen LogP contribution in [0.15, 0.2) is 45.3 Å². The van der Waals surface area contributed by atoms with Crippen LogP contribution in [0.5, 0.6) is 5.75 Å². The van der Waals surface area contributed by atoms with Crippen LogP contribution >= 0.6 is 55.1 Å². The summed E-state index contributed by atoms with van der Waals surface area (Å²) >= 11 is 19.7. The zero-order valence-electron chi connectivity index (χ0n) is 9.96. The van der Waals surface area contributed by atoms with Gasteiger partial charge in [0, 0.05) is 8.95 Å². The van der Waals surface area contributed by atoms with E-state index in [1.165, 1.54) is 0 Å². The van der Waals surface area contributed by atoms with Crippen molar-refractivity contribution in [1.29, 1.82) is 0 Å². The Morgan fingerprint density at radius 1 is 1.05 bits per heavy atom. The third kappa shape index (κ3) is 3.27. The van der Waals surface area contributed by atoms with Crippen molar-refractivity contribution in [1.82, 2.24) is 0 Å². The Morgan fingerprint density at radius 2 is 1.79 bits per heavy atom. The van der Waals surface area contributed by atoms with E-state index in [1.807, 2.05) is 36.4 Å². The van der Waals surface area contributed by atoms with Crippen molar-refractivity contribution in [3.8, 4) is 5.75 Å². The van der Waals surface area contributed by atoms with E-state index in [1.54, 1.807) is 7.11 Å². The smallest absolute Gasteiger partial charge is 0.120 e. The molecule has 0 bridgehead atoms. The van der Waals surface area contributed by atoms with Crippen LogP contribution in [0, 0.1) is 0 Å². The molecule has 1 nitrogen and oxygen atoms in total. The first kappa shape index (κ1) is 15.2. The van der Waals surface area contributed by atoms with Gasteiger partial charge in [-0.25, -0.2) is 0 Å². The van der Waals surface area contributed by atoms with Crippen molar-refractivity contribution >= 4 is 55.1 Å². The van der Waals surface area contributed by atoms with E-state index in [0.29, 0.717) is 5.02 Å². The van der Waals surface area contributed by atoms with Crippen molar-refractivity contribution in [2.24, 2.45) is 0 Å². The Morgan fingerprint density at radius 3 is 2.42 bits per heavy atom. The lowest BCUT2D eigenvalue weighted by molar-refractivity contribution is 0.414. The Labute approximate surface area is 139 Å². The van der Waals surface area contributed by atoms with Crippen LogP contribution in [-0.4, -0.2) is 7.11 Å². The van der Waals surface area contributed by atoms with Gasteiger partial charge in [0.15, 0.2) is 0 Å². The second-order valence-corrected chi connectivity index (χ2v) is 6.42. The standard InChI is InChI=1S/C14H10Br2Cl2O/c1-19-8-5-6-9(12(16)7-8)13(17)10-3-2-4-11(15)14(10)18/h2-7,13H,1H3. The average molecular weight is 425 g/mol. The summed E-state index contributed by atoms with van der Waals surface area (Å²) in [7, 11) is 1.63. The lowest BCUT2D eigenvalue weighted by Crippen LogP contribution is -1.96. The third-order valence-electron chi connectivity index (χ3n) is 2.74. The van der Waals surface area contributed by atoms with Gasteiger partial charge in [-0.3, -0.25) is 0 Å². The third-order valence-corrected chi connectivity index (χ3v) is 5.20. The quantitative estimate of drug-likeness (QED) is 0.533. The molecule has 5 heteroatoms. The summed E-state index contributed by atoms with van der Waals surface area (Å²) in [5.74, 6) is 0.778. The minimum Gasteiger partial charge on any atom is -0.497 e. The number of rotatable bonds is 3. The highest BCUT2D eigenvalue weighted by Crippen LogP contribution is 2.40. The summed E-state index contributed by atoms with van der Waals surface area (Å²) in [6, 6.07) is 11.4. The van der Waals surface area contributed by atoms with E-state index in [0.717, 1.165) is 25.8 Å². The minimum atomic E-state index is -0.328. The lowest BCUT2D eigenvalue weighted by Gasteiger charge is -2.15. The maximum absolute atomic E-state index is 6.53. The molecule has 0 aliphatic heterocycles. The Kier molecular flexibility index (Phi) is 5.18. The summed E-state index contributed by atoms with van der Waals surface area (Å²) in [4.78, 5) is 0. The first-order chi connectivity index (χ1) is 9.04. The van der Waals surface area contributed by atoms with Crippen LogP contribution in [0.3, 0.4) is 0 Å². The van der Waals surface area contributed by atoms with Crippen LogP contribution in [0.25, 0.3) is 0 Å². The second-order valence-electron chi connectivity index (χ2n) is 3.89. The zero-order chi connectivity index (χ0) is 14.0. The normalized spacial score (nSPS) is 12.3. The molecule has 0 aromatic heterocycles. The molecule has 100 valence electrons. The monoisotopic (exact) mass is 422 g/mol. The van der Waals surface area contributed by atoms with Crippen molar-refractivity contribution in [2.45, 2.75) is 5.38 Å². The van der Waals surface area contributed by atoms with Gasteiger partial charge in [-0.1, -0.05) is 45.7 Å². The van der Waals surface area contributed by atoms with Gasteiger partial charge in [-0.15, -0.1) is 11.6 Å². The highest BCUT2D eigenvalue weighted by atomic mass is 79.9. The molecule has 0 aliphatic rings. The molecular formula is C14H10Br2Cl2O. The molecule has 0 amide bonds. The maximum Gasteiger partial charge on any atom is 0.120 e. The summed E-state index contributed by atoms with van der Waals surface area (Å²) < 4.78 is 6.90. The van der Waals surface area contributed by atoms with Gasteiger partial charge in [-0.2, -0.15) is 0 Å². The number of hydrogen-bond acceptors (Lipinski definition) is 1. The zero-order valence-corrected chi connectivity index (χ0v) is 14.6. The van der Waals surface area contributed by atoms with Gasteiger partial charge in [-0.05, 0) is 45.3 Å². The number of methoxy groups -OCH3 is 1. The minimum absolute atomic E-state index is 0.328. The van der Waals surface area contributed by atoms with Crippen molar-refractivity contribution in [3.05, 3.63) is 61.5 Å². The molecule has 0 fully saturated rings. The first-order valence-electron chi connectivity index (χ1n) is 5.46. The van der Waals surface area contributed by atoms with Crippen LogP contribution in [0.1, 0.15) is 16.5 Å². The highest BCUT2D eigenvalue weighted by molar-refractivity contribution is 9.10. The number of hydrogen-bond donors (Lipinski definition) is 0. The summed E-state index contributed by atoms with van der Waals surface area (Å²) in [5, 5.41) is 0.301. The fourth-order valence-electron chi connectivity index (χ4n) is 1.72. The van der Waals surface area contributed by atoms with E-state index in [4.69, 9.17) is 27.9 Å². The van der Waals surface area contributed by atoms with Crippen LogP contribution in [0.4, 0.5) is 0 Å². The van der Waals surface area contributed by atoms with E-state index in [-0.39, 0.29) is 5.38 Å². The molecule has 0 saturated heterocycles. The molecule has 0 radical (unpaired) electrons. The van der Waals surface area contributed by atoms with Crippen LogP contribution in [0.2, 0.25) is 5.02 Å². The van der Waals surface area contributed by atoms with Crippen molar-refractivity contribution < 1.29 is 4.74 Å². The lowest BCUT2D eigenvalue weighted by atomic mass is 10.0. The molecule has 0 spiro atoms. The first-order valence-corrected chi connectivity index (χ1v) is 7.86. The molecule has 2 aromatic carbocycles. The molecule has 0 N–H and O–H groups in total. The molecule has 1 atom stereocenters. The van der Waals surface area contributed by atoms with E-state index in [9.17, 15) is 0 Å². The van der Waals surface area contributed by atoms with Crippen molar-refractivity contribution in [2.75, 3.05) is 7.11 Å². The summed E-state index contributed by atoms with van der Waals surface area (Å²) in [6.07, 6.45) is 0. The Hall–Kier alpha value is -0.220. The van der Waals surface area contributed by atoms with Gasteiger partial charge in [0.05, 0.1) is 17.5 Å². The fraction of sp³-hybridized carbons (Fsp3) is 0.143. The molecule has 2 aromatic rings. The van der Waals surface area contributed by atoms with E-state index < -0.39 is 0 Å². The maximum atomic E-state index is 6.53. The molecule has 2 rings (SSSR count). The van der Waals surface area contributed by atoms with E-state index in [2.05, 4.69) is 31.9 Å². The Bertz CT molecular complexity index is 602. The van der Waals surface area contributed by atoms with Gasteiger partial charge >= 0.3 is 0 Å². The van der Waals surface area contributed by atoms with Gasteiger partial charge in [0.2, 0.25) is 0 Å². The highest BCUT2D eigenvalue weighted by Gasteiger charge is 2.18. The number of alkyl halides is 1. The largest absolute Gasteiger partial charge is 0.497 e. The number of ether oxygens (including phenoxy) is 1. The summed E-state index contributed by atoms with van der Waals surface area (Å²) in [6.45, 7) is 0. The predicted molar refractivity (Wildman–Crippen MR) is 87.5 cm³/mol. The predicted octanol–water partition coefficient (Wildman–Crippen LogP) is 6.20. The number of halogens is 4. The van der Waals surface area contributed by atoms with Gasteiger partial charge in [0.1, 0.15) is 5.75 Å². The average Bonchev–Trinajstić information content (AvgIpc) is 2.41. The van der Waals surface area contributed by atoms with Gasteiger partial charge in [0.25, 0.3) is 0 Å². The summed E-state index contributed by atoms with van der Waals surface area (Å²) in [5.41, 5.74) is 1.81. The topological polar surface area (TPSA) is 9.23 Å². The molecule has 19 heavy (non-hydrogen) atoms. The molecular weight excluding hydrogens is 415 g/mol. The van der Waals surface area contributed by atoms with Crippen LogP contribution in [-0.2, 0) is 0 Å². The molecule has 0 aliphatic carbocycles.